The van der Waals surface area contributed by atoms with Crippen molar-refractivity contribution in [2.75, 3.05) is 27.1 Å². The Hall–Kier alpha value is -4.39. The highest BCUT2D eigenvalue weighted by atomic mass is 16.5. The summed E-state index contributed by atoms with van der Waals surface area (Å²) >= 11 is 0. The lowest BCUT2D eigenvalue weighted by atomic mass is 9.89. The Morgan fingerprint density at radius 3 is 1.94 bits per heavy atom. The van der Waals surface area contributed by atoms with E-state index < -0.39 is 11.9 Å². The van der Waals surface area contributed by atoms with Crippen molar-refractivity contribution in [3.63, 3.8) is 0 Å². The Morgan fingerprint density at radius 1 is 0.829 bits per heavy atom. The maximum absolute atomic E-state index is 13.0. The molecule has 1 atom stereocenters. The lowest BCUT2D eigenvalue weighted by molar-refractivity contribution is -0.142. The largest absolute Gasteiger partial charge is 0.497 e. The van der Waals surface area contributed by atoms with Gasteiger partial charge < -0.3 is 19.9 Å². The van der Waals surface area contributed by atoms with Crippen LogP contribution in [0, 0.1) is 0 Å². The Labute approximate surface area is 204 Å². The fourth-order valence-corrected chi connectivity index (χ4v) is 3.97. The first kappa shape index (κ1) is 23.8. The average molecular weight is 470 g/mol. The van der Waals surface area contributed by atoms with Crippen molar-refractivity contribution in [3.8, 4) is 34.1 Å². The van der Waals surface area contributed by atoms with Crippen LogP contribution in [0.3, 0.4) is 0 Å². The molecular formula is C28H27N3O4. The van der Waals surface area contributed by atoms with Gasteiger partial charge in [0.05, 0.1) is 32.9 Å². The maximum atomic E-state index is 13.0. The third-order valence-corrected chi connectivity index (χ3v) is 5.79. The zero-order valence-electron chi connectivity index (χ0n) is 19.9. The van der Waals surface area contributed by atoms with E-state index in [9.17, 15) is 4.79 Å². The van der Waals surface area contributed by atoms with Crippen LogP contribution in [0.1, 0.15) is 17.0 Å². The number of rotatable bonds is 8. The molecule has 0 saturated heterocycles. The summed E-state index contributed by atoms with van der Waals surface area (Å²) in [6.07, 6.45) is 0.230. The monoisotopic (exact) mass is 469 g/mol. The quantitative estimate of drug-likeness (QED) is 0.366. The van der Waals surface area contributed by atoms with E-state index in [1.165, 1.54) is 7.11 Å². The number of hydrogen-bond donors (Lipinski definition) is 1. The van der Waals surface area contributed by atoms with Gasteiger partial charge in [-0.1, -0.05) is 60.7 Å². The number of carbonyl (C=O) groups excluding carboxylic acids is 1. The van der Waals surface area contributed by atoms with Gasteiger partial charge in [-0.2, -0.15) is 0 Å². The van der Waals surface area contributed by atoms with E-state index in [0.29, 0.717) is 40.0 Å². The molecule has 4 rings (SSSR count). The minimum atomic E-state index is -0.681. The van der Waals surface area contributed by atoms with Crippen LogP contribution >= 0.6 is 0 Å². The average Bonchev–Trinajstić information content (AvgIpc) is 2.92. The fourth-order valence-electron chi connectivity index (χ4n) is 3.97. The van der Waals surface area contributed by atoms with Crippen LogP contribution in [0.5, 0.6) is 11.5 Å². The number of hydrogen-bond acceptors (Lipinski definition) is 7. The van der Waals surface area contributed by atoms with Crippen LogP contribution in [0.25, 0.3) is 22.6 Å². The molecule has 0 spiro atoms. The van der Waals surface area contributed by atoms with Gasteiger partial charge in [-0.05, 0) is 24.1 Å². The van der Waals surface area contributed by atoms with Crippen LogP contribution in [0.15, 0.2) is 78.9 Å². The molecule has 7 nitrogen and oxygen atoms in total. The summed E-state index contributed by atoms with van der Waals surface area (Å²) in [4.78, 5) is 22.5. The summed E-state index contributed by atoms with van der Waals surface area (Å²) in [7, 11) is 4.49. The summed E-state index contributed by atoms with van der Waals surface area (Å²) in [6, 6.07) is 24.7. The van der Waals surface area contributed by atoms with Crippen LogP contribution < -0.4 is 15.2 Å². The summed E-state index contributed by atoms with van der Waals surface area (Å²) < 4.78 is 16.0. The van der Waals surface area contributed by atoms with Gasteiger partial charge in [-0.3, -0.25) is 4.79 Å². The van der Waals surface area contributed by atoms with E-state index in [1.54, 1.807) is 32.4 Å². The van der Waals surface area contributed by atoms with E-state index in [-0.39, 0.29) is 6.42 Å². The number of nitrogen functional groups attached to an aromatic ring is 1. The number of ether oxygens (including phenoxy) is 3. The third-order valence-electron chi connectivity index (χ3n) is 5.79. The normalized spacial score (nSPS) is 11.5. The van der Waals surface area contributed by atoms with E-state index >= 15 is 0 Å². The molecule has 0 fully saturated rings. The van der Waals surface area contributed by atoms with Gasteiger partial charge in [0, 0.05) is 22.8 Å². The van der Waals surface area contributed by atoms with Crippen molar-refractivity contribution in [1.29, 1.82) is 0 Å². The zero-order chi connectivity index (χ0) is 24.8. The minimum Gasteiger partial charge on any atom is -0.497 e. The molecule has 1 unspecified atom stereocenters. The van der Waals surface area contributed by atoms with E-state index in [4.69, 9.17) is 24.9 Å². The highest BCUT2D eigenvalue weighted by molar-refractivity contribution is 5.81. The second-order valence-corrected chi connectivity index (χ2v) is 7.92. The lowest BCUT2D eigenvalue weighted by Gasteiger charge is -2.20. The molecule has 0 aliphatic heterocycles. The summed E-state index contributed by atoms with van der Waals surface area (Å²) in [6.45, 7) is 0. The fraction of sp³-hybridized carbons (Fsp3) is 0.179. The molecule has 4 aromatic rings. The molecule has 0 aliphatic carbocycles. The molecule has 7 heteroatoms. The Morgan fingerprint density at radius 2 is 1.40 bits per heavy atom. The van der Waals surface area contributed by atoms with Crippen LogP contribution in [0.4, 0.5) is 5.82 Å². The number of esters is 1. The SMILES string of the molecule is COC(=O)C(Cc1c(N)nc(-c2ccccc2)nc1-c1ccccc1)c1cc(OC)cc(OC)c1. The van der Waals surface area contributed by atoms with Crippen molar-refractivity contribution in [2.24, 2.45) is 0 Å². The van der Waals surface area contributed by atoms with Crippen LogP contribution in [-0.4, -0.2) is 37.3 Å². The molecule has 0 amide bonds. The maximum Gasteiger partial charge on any atom is 0.313 e. The van der Waals surface area contributed by atoms with Gasteiger partial charge in [0.25, 0.3) is 0 Å². The Balaban J connectivity index is 1.86. The standard InChI is InChI=1S/C28H27N3O4/c1-33-21-14-20(15-22(16-21)34-2)23(28(32)35-3)17-24-25(18-10-6-4-7-11-18)30-27(31-26(24)29)19-12-8-5-9-13-19/h4-16,23H,17H2,1-3H3,(H2,29,30,31). The lowest BCUT2D eigenvalue weighted by Crippen LogP contribution is -2.19. The highest BCUT2D eigenvalue weighted by Crippen LogP contribution is 2.35. The van der Waals surface area contributed by atoms with Gasteiger partial charge in [0.15, 0.2) is 5.82 Å². The number of anilines is 1. The van der Waals surface area contributed by atoms with Gasteiger partial charge in [0.2, 0.25) is 0 Å². The van der Waals surface area contributed by atoms with Gasteiger partial charge in [-0.25, -0.2) is 9.97 Å². The second-order valence-electron chi connectivity index (χ2n) is 7.92. The molecule has 1 heterocycles. The first-order valence-corrected chi connectivity index (χ1v) is 11.1. The number of nitrogens with zero attached hydrogens (tertiary/aromatic N) is 2. The number of methoxy groups -OCH3 is 3. The highest BCUT2D eigenvalue weighted by Gasteiger charge is 2.27. The molecule has 0 aliphatic rings. The molecule has 0 saturated carbocycles. The third kappa shape index (κ3) is 5.24. The predicted octanol–water partition coefficient (Wildman–Crippen LogP) is 4.91. The van der Waals surface area contributed by atoms with Gasteiger partial charge in [0.1, 0.15) is 17.3 Å². The number of carbonyl (C=O) groups is 1. The first-order chi connectivity index (χ1) is 17.0. The predicted molar refractivity (Wildman–Crippen MR) is 135 cm³/mol. The Bertz CT molecular complexity index is 1290. The van der Waals surface area contributed by atoms with E-state index in [0.717, 1.165) is 11.1 Å². The molecule has 3 aromatic carbocycles. The van der Waals surface area contributed by atoms with Gasteiger partial charge in [-0.15, -0.1) is 0 Å². The van der Waals surface area contributed by atoms with Crippen molar-refractivity contribution >= 4 is 11.8 Å². The molecule has 0 radical (unpaired) electrons. The Kier molecular flexibility index (Phi) is 7.26. The first-order valence-electron chi connectivity index (χ1n) is 11.1. The van der Waals surface area contributed by atoms with Crippen molar-refractivity contribution in [1.82, 2.24) is 9.97 Å². The van der Waals surface area contributed by atoms with Crippen LogP contribution in [0.2, 0.25) is 0 Å². The number of aromatic nitrogens is 2. The molecule has 0 bridgehead atoms. The molecular weight excluding hydrogens is 442 g/mol. The number of benzene rings is 3. The zero-order valence-corrected chi connectivity index (χ0v) is 19.9. The van der Waals surface area contributed by atoms with Crippen LogP contribution in [-0.2, 0) is 16.0 Å². The van der Waals surface area contributed by atoms with E-state index in [2.05, 4.69) is 4.98 Å². The molecule has 35 heavy (non-hydrogen) atoms. The summed E-state index contributed by atoms with van der Waals surface area (Å²) in [5, 5.41) is 0. The molecule has 2 N–H and O–H groups in total. The number of nitrogens with two attached hydrogens (primary N) is 1. The van der Waals surface area contributed by atoms with Crippen molar-refractivity contribution < 1.29 is 19.0 Å². The van der Waals surface area contributed by atoms with Gasteiger partial charge >= 0.3 is 5.97 Å². The van der Waals surface area contributed by atoms with Crippen molar-refractivity contribution in [3.05, 3.63) is 90.0 Å². The molecule has 178 valence electrons. The minimum absolute atomic E-state index is 0.230. The summed E-state index contributed by atoms with van der Waals surface area (Å²) in [5.74, 6) is 0.871. The topological polar surface area (TPSA) is 96.6 Å². The smallest absolute Gasteiger partial charge is 0.313 e. The van der Waals surface area contributed by atoms with E-state index in [1.807, 2.05) is 60.7 Å². The molecule has 1 aromatic heterocycles. The summed E-state index contributed by atoms with van der Waals surface area (Å²) in [5.41, 5.74) is 10.3. The second kappa shape index (κ2) is 10.7. The van der Waals surface area contributed by atoms with Crippen molar-refractivity contribution in [2.45, 2.75) is 12.3 Å².